The van der Waals surface area contributed by atoms with E-state index in [9.17, 15) is 5.11 Å². The number of hydrogen-bond acceptors (Lipinski definition) is 4. The van der Waals surface area contributed by atoms with Gasteiger partial charge in [0.25, 0.3) is 0 Å². The molecule has 4 heteroatoms. The van der Waals surface area contributed by atoms with E-state index in [1.54, 1.807) is 18.5 Å². The zero-order valence-corrected chi connectivity index (χ0v) is 16.7. The molecule has 1 aliphatic carbocycles. The maximum absolute atomic E-state index is 10.1. The molecule has 2 unspecified atom stereocenters. The number of phenolic OH excluding ortho intramolecular Hbond substituents is 1. The maximum atomic E-state index is 10.1. The first-order chi connectivity index (χ1) is 14.8. The summed E-state index contributed by atoms with van der Waals surface area (Å²) in [5.74, 6) is 1.57. The van der Waals surface area contributed by atoms with Crippen molar-refractivity contribution in [2.24, 2.45) is 5.92 Å². The van der Waals surface area contributed by atoms with E-state index in [-0.39, 0.29) is 5.92 Å². The summed E-state index contributed by atoms with van der Waals surface area (Å²) in [4.78, 5) is 9.18. The molecule has 2 atom stereocenters. The highest BCUT2D eigenvalue weighted by Gasteiger charge is 2.25. The number of aromatic nitrogens is 2. The molecule has 5 rings (SSSR count). The zero-order chi connectivity index (χ0) is 20.3. The van der Waals surface area contributed by atoms with Crippen LogP contribution in [0, 0.1) is 5.92 Å². The molecule has 0 amide bonds. The van der Waals surface area contributed by atoms with Gasteiger partial charge in [0.15, 0.2) is 0 Å². The van der Waals surface area contributed by atoms with Gasteiger partial charge in [0.1, 0.15) is 12.0 Å². The lowest BCUT2D eigenvalue weighted by Crippen LogP contribution is -2.16. The van der Waals surface area contributed by atoms with Gasteiger partial charge in [0, 0.05) is 12.4 Å². The van der Waals surface area contributed by atoms with Crippen LogP contribution in [0.25, 0.3) is 0 Å². The van der Waals surface area contributed by atoms with Crippen LogP contribution < -0.4 is 0 Å². The summed E-state index contributed by atoms with van der Waals surface area (Å²) in [6.45, 7) is 0. The molecular weight excluding hydrogens is 372 g/mol. The predicted octanol–water partition coefficient (Wildman–Crippen LogP) is 5.30. The Labute approximate surface area is 176 Å². The van der Waals surface area contributed by atoms with Gasteiger partial charge in [-0.05, 0) is 66.0 Å². The molecule has 2 aromatic heterocycles. The topological polar surface area (TPSA) is 59.2 Å². The molecule has 0 spiro atoms. The molecule has 0 fully saturated rings. The smallest absolute Gasteiger partial charge is 0.206 e. The first-order valence-electron chi connectivity index (χ1n) is 10.5. The minimum atomic E-state index is -0.0716. The quantitative estimate of drug-likeness (QED) is 0.497. The van der Waals surface area contributed by atoms with Gasteiger partial charge in [-0.2, -0.15) is 0 Å². The Morgan fingerprint density at radius 3 is 2.70 bits per heavy atom. The molecule has 30 heavy (non-hydrogen) atoms. The first kappa shape index (κ1) is 18.6. The van der Waals surface area contributed by atoms with Crippen LogP contribution in [0.5, 0.6) is 5.75 Å². The maximum Gasteiger partial charge on any atom is 0.206 e. The summed E-state index contributed by atoms with van der Waals surface area (Å²) in [6, 6.07) is 20.2. The minimum absolute atomic E-state index is 0.0716. The fourth-order valence-electron chi connectivity index (χ4n) is 4.55. The van der Waals surface area contributed by atoms with Gasteiger partial charge in [-0.15, -0.1) is 0 Å². The van der Waals surface area contributed by atoms with Crippen molar-refractivity contribution in [3.8, 4) is 5.75 Å². The van der Waals surface area contributed by atoms with Gasteiger partial charge in [-0.25, -0.2) is 4.98 Å². The van der Waals surface area contributed by atoms with E-state index in [4.69, 9.17) is 9.40 Å². The summed E-state index contributed by atoms with van der Waals surface area (Å²) < 4.78 is 5.99. The van der Waals surface area contributed by atoms with Gasteiger partial charge in [-0.1, -0.05) is 48.5 Å². The average molecular weight is 396 g/mol. The molecule has 150 valence electrons. The number of oxazole rings is 1. The molecule has 4 nitrogen and oxygen atoms in total. The summed E-state index contributed by atoms with van der Waals surface area (Å²) >= 11 is 0. The molecule has 0 saturated carbocycles. The Balaban J connectivity index is 1.39. The van der Waals surface area contributed by atoms with E-state index in [1.807, 2.05) is 36.5 Å². The van der Waals surface area contributed by atoms with Crippen molar-refractivity contribution in [1.29, 1.82) is 0 Å². The third kappa shape index (κ3) is 3.73. The highest BCUT2D eigenvalue weighted by Crippen LogP contribution is 2.34. The van der Waals surface area contributed by atoms with Crippen molar-refractivity contribution in [2.45, 2.75) is 31.6 Å². The largest absolute Gasteiger partial charge is 0.508 e. The summed E-state index contributed by atoms with van der Waals surface area (Å²) in [5, 5.41) is 10.1. The second-order valence-electron chi connectivity index (χ2n) is 8.03. The first-order valence-corrected chi connectivity index (χ1v) is 10.5. The van der Waals surface area contributed by atoms with E-state index >= 15 is 0 Å². The molecule has 1 N–H and O–H groups in total. The lowest BCUT2D eigenvalue weighted by atomic mass is 9.81. The van der Waals surface area contributed by atoms with Crippen molar-refractivity contribution >= 4 is 0 Å². The lowest BCUT2D eigenvalue weighted by molar-refractivity contribution is 0.424. The fraction of sp³-hybridized carbons (Fsp3) is 0.231. The molecular formula is C26H24N2O2. The summed E-state index contributed by atoms with van der Waals surface area (Å²) in [7, 11) is 0. The van der Waals surface area contributed by atoms with Crippen LogP contribution in [-0.2, 0) is 19.3 Å². The van der Waals surface area contributed by atoms with Crippen LogP contribution in [0.15, 0.2) is 83.7 Å². The Morgan fingerprint density at radius 2 is 1.87 bits per heavy atom. The van der Waals surface area contributed by atoms with Crippen molar-refractivity contribution in [3.63, 3.8) is 0 Å². The zero-order valence-electron chi connectivity index (χ0n) is 16.7. The van der Waals surface area contributed by atoms with Gasteiger partial charge in [-0.3, -0.25) is 4.98 Å². The molecule has 1 aliphatic rings. The normalized spacial score (nSPS) is 16.7. The monoisotopic (exact) mass is 396 g/mol. The summed E-state index contributed by atoms with van der Waals surface area (Å²) in [6.07, 6.45) is 9.29. The van der Waals surface area contributed by atoms with E-state index in [0.29, 0.717) is 17.6 Å². The van der Waals surface area contributed by atoms with Gasteiger partial charge < -0.3 is 9.52 Å². The summed E-state index contributed by atoms with van der Waals surface area (Å²) in [5.41, 5.74) is 5.56. The third-order valence-corrected chi connectivity index (χ3v) is 6.02. The standard InChI is InChI=1S/C26H24N2O2/c29-24-10-4-8-20-14-18(11-12-23(20)24)15-22-17-30-26(28-22)25(19-6-2-1-3-7-19)21-9-5-13-27-16-21/h1-10,13,16-18,25,29H,11-12,14-15H2. The number of nitrogens with zero attached hydrogens (tertiary/aromatic N) is 2. The predicted molar refractivity (Wildman–Crippen MR) is 115 cm³/mol. The minimum Gasteiger partial charge on any atom is -0.508 e. The van der Waals surface area contributed by atoms with Crippen molar-refractivity contribution < 1.29 is 9.52 Å². The number of pyridine rings is 1. The molecule has 4 aromatic rings. The van der Waals surface area contributed by atoms with E-state index in [2.05, 4.69) is 29.2 Å². The highest BCUT2D eigenvalue weighted by atomic mass is 16.3. The molecule has 0 radical (unpaired) electrons. The second kappa shape index (κ2) is 8.15. The Hall–Kier alpha value is -3.40. The van der Waals surface area contributed by atoms with Gasteiger partial charge in [0.05, 0.1) is 11.6 Å². The molecule has 0 bridgehead atoms. The Bertz CT molecular complexity index is 1080. The number of fused-ring (bicyclic) bond motifs is 1. The number of aromatic hydroxyl groups is 1. The highest BCUT2D eigenvalue weighted by molar-refractivity contribution is 5.41. The lowest BCUT2D eigenvalue weighted by Gasteiger charge is -2.24. The van der Waals surface area contributed by atoms with Crippen LogP contribution in [0.2, 0.25) is 0 Å². The van der Waals surface area contributed by atoms with Crippen LogP contribution >= 0.6 is 0 Å². The van der Waals surface area contributed by atoms with E-state index < -0.39 is 0 Å². The number of rotatable bonds is 5. The Morgan fingerprint density at radius 1 is 1.00 bits per heavy atom. The van der Waals surface area contributed by atoms with Gasteiger partial charge >= 0.3 is 0 Å². The van der Waals surface area contributed by atoms with Crippen molar-refractivity contribution in [2.75, 3.05) is 0 Å². The number of hydrogen-bond donors (Lipinski definition) is 1. The van der Waals surface area contributed by atoms with Crippen LogP contribution in [0.3, 0.4) is 0 Å². The third-order valence-electron chi connectivity index (χ3n) is 6.02. The van der Waals surface area contributed by atoms with Crippen LogP contribution in [-0.4, -0.2) is 15.1 Å². The van der Waals surface area contributed by atoms with E-state index in [1.165, 1.54) is 5.56 Å². The second-order valence-corrected chi connectivity index (χ2v) is 8.03. The fourth-order valence-corrected chi connectivity index (χ4v) is 4.55. The van der Waals surface area contributed by atoms with E-state index in [0.717, 1.165) is 48.1 Å². The molecule has 2 heterocycles. The Kier molecular flexibility index (Phi) is 5.06. The average Bonchev–Trinajstić information content (AvgIpc) is 3.23. The van der Waals surface area contributed by atoms with Crippen LogP contribution in [0.1, 0.15) is 46.2 Å². The molecule has 0 saturated heterocycles. The van der Waals surface area contributed by atoms with Crippen molar-refractivity contribution in [3.05, 3.63) is 113 Å². The number of phenols is 1. The van der Waals surface area contributed by atoms with Gasteiger partial charge in [0.2, 0.25) is 5.89 Å². The number of benzene rings is 2. The van der Waals surface area contributed by atoms with Crippen molar-refractivity contribution in [1.82, 2.24) is 9.97 Å². The SMILES string of the molecule is Oc1cccc2c1CCC(Cc1coc(C(c3ccccc3)c3cccnc3)n1)C2. The van der Waals surface area contributed by atoms with Crippen LogP contribution in [0.4, 0.5) is 0 Å². The molecule has 0 aliphatic heterocycles. The molecule has 2 aromatic carbocycles.